The molecule has 1 saturated heterocycles. The van der Waals surface area contributed by atoms with Crippen LogP contribution in [0.4, 0.5) is 17.1 Å². The topological polar surface area (TPSA) is 88.0 Å². The number of carbonyl (C=O) groups excluding carboxylic acids is 1. The maximum Gasteiger partial charge on any atom is 0.293 e. The Kier molecular flexibility index (Phi) is 5.85. The minimum Gasteiger partial charge on any atom is -0.378 e. The zero-order valence-electron chi connectivity index (χ0n) is 17.0. The Morgan fingerprint density at radius 1 is 1.23 bits per heavy atom. The van der Waals surface area contributed by atoms with Crippen molar-refractivity contribution < 1.29 is 14.5 Å². The normalized spacial score (nSPS) is 16.2. The zero-order valence-corrected chi connectivity index (χ0v) is 17.0. The molecule has 0 unspecified atom stereocenters. The fourth-order valence-corrected chi connectivity index (χ4v) is 3.73. The summed E-state index contributed by atoms with van der Waals surface area (Å²) in [6.45, 7) is 3.55. The average Bonchev–Trinajstić information content (AvgIpc) is 3.58. The van der Waals surface area contributed by atoms with Gasteiger partial charge in [-0.05, 0) is 36.6 Å². The molecule has 1 aliphatic carbocycles. The van der Waals surface area contributed by atoms with Crippen LogP contribution in [-0.4, -0.2) is 50.2 Å². The van der Waals surface area contributed by atoms with Crippen LogP contribution in [-0.2, 0) is 11.3 Å². The van der Waals surface area contributed by atoms with Crippen LogP contribution >= 0.6 is 0 Å². The summed E-state index contributed by atoms with van der Waals surface area (Å²) in [6, 6.07) is 13.0. The van der Waals surface area contributed by atoms with Crippen LogP contribution in [0.5, 0.6) is 0 Å². The number of nitro benzene ring substituents is 1. The molecule has 1 heterocycles. The second-order valence-corrected chi connectivity index (χ2v) is 7.79. The number of hydrogen-bond acceptors (Lipinski definition) is 6. The third-order valence-corrected chi connectivity index (χ3v) is 5.51. The number of nitrogens with zero attached hydrogens (tertiary/aromatic N) is 3. The molecule has 0 radical (unpaired) electrons. The van der Waals surface area contributed by atoms with Gasteiger partial charge in [-0.1, -0.05) is 18.2 Å². The molecule has 0 aromatic heterocycles. The lowest BCUT2D eigenvalue weighted by atomic mass is 10.1. The highest BCUT2D eigenvalue weighted by atomic mass is 16.6. The van der Waals surface area contributed by atoms with Crippen molar-refractivity contribution in [2.75, 3.05) is 43.2 Å². The monoisotopic (exact) mass is 410 g/mol. The molecular weight excluding hydrogens is 384 g/mol. The van der Waals surface area contributed by atoms with Gasteiger partial charge in [-0.25, -0.2) is 0 Å². The predicted molar refractivity (Wildman–Crippen MR) is 115 cm³/mol. The minimum absolute atomic E-state index is 0.0650. The number of nitrogens with one attached hydrogen (secondary N) is 1. The summed E-state index contributed by atoms with van der Waals surface area (Å²) in [6.07, 6.45) is 1.94. The molecule has 1 amide bonds. The van der Waals surface area contributed by atoms with Crippen LogP contribution in [0, 0.1) is 10.1 Å². The maximum absolute atomic E-state index is 12.3. The molecule has 30 heavy (non-hydrogen) atoms. The van der Waals surface area contributed by atoms with Crippen molar-refractivity contribution in [2.45, 2.75) is 25.4 Å². The smallest absolute Gasteiger partial charge is 0.293 e. The number of benzene rings is 2. The van der Waals surface area contributed by atoms with Gasteiger partial charge in [-0.3, -0.25) is 14.9 Å². The lowest BCUT2D eigenvalue weighted by Gasteiger charge is -2.31. The largest absolute Gasteiger partial charge is 0.378 e. The molecule has 4 rings (SSSR count). The van der Waals surface area contributed by atoms with Crippen molar-refractivity contribution in [2.24, 2.45) is 0 Å². The van der Waals surface area contributed by atoms with E-state index in [4.69, 9.17) is 4.74 Å². The summed E-state index contributed by atoms with van der Waals surface area (Å²) in [5.74, 6) is -0.257. The summed E-state index contributed by atoms with van der Waals surface area (Å²) in [4.78, 5) is 27.7. The van der Waals surface area contributed by atoms with Gasteiger partial charge in [0.1, 0.15) is 5.69 Å². The molecule has 0 bridgehead atoms. The SMILES string of the molecule is CN(Cc1ccccc1N1CCOCC1)c1ccc(C(=O)NC2CC2)cc1[N+](=O)[O-]. The number of rotatable bonds is 7. The molecule has 2 aromatic carbocycles. The molecule has 158 valence electrons. The number of ether oxygens (including phenoxy) is 1. The number of para-hydroxylation sites is 1. The van der Waals surface area contributed by atoms with Crippen molar-refractivity contribution in [1.29, 1.82) is 0 Å². The van der Waals surface area contributed by atoms with Gasteiger partial charge in [0.2, 0.25) is 0 Å². The van der Waals surface area contributed by atoms with Crippen LogP contribution < -0.4 is 15.1 Å². The molecule has 2 aliphatic rings. The van der Waals surface area contributed by atoms with Gasteiger partial charge in [-0.15, -0.1) is 0 Å². The zero-order chi connectivity index (χ0) is 21.1. The first-order chi connectivity index (χ1) is 14.5. The molecule has 0 atom stereocenters. The van der Waals surface area contributed by atoms with E-state index in [-0.39, 0.29) is 17.6 Å². The summed E-state index contributed by atoms with van der Waals surface area (Å²) >= 11 is 0. The number of carbonyl (C=O) groups is 1. The van der Waals surface area contributed by atoms with Crippen LogP contribution in [0.3, 0.4) is 0 Å². The average molecular weight is 410 g/mol. The third-order valence-electron chi connectivity index (χ3n) is 5.51. The fourth-order valence-electron chi connectivity index (χ4n) is 3.73. The van der Waals surface area contributed by atoms with Gasteiger partial charge in [0, 0.05) is 50.0 Å². The van der Waals surface area contributed by atoms with Crippen LogP contribution in [0.2, 0.25) is 0 Å². The first-order valence-corrected chi connectivity index (χ1v) is 10.2. The molecule has 1 aliphatic heterocycles. The quantitative estimate of drug-likeness (QED) is 0.558. The highest BCUT2D eigenvalue weighted by molar-refractivity contribution is 5.96. The molecule has 8 nitrogen and oxygen atoms in total. The van der Waals surface area contributed by atoms with Crippen molar-refractivity contribution >= 4 is 23.0 Å². The van der Waals surface area contributed by atoms with Crippen LogP contribution in [0.15, 0.2) is 42.5 Å². The molecule has 1 saturated carbocycles. The van der Waals surface area contributed by atoms with Gasteiger partial charge in [-0.2, -0.15) is 0 Å². The van der Waals surface area contributed by atoms with E-state index in [1.54, 1.807) is 12.1 Å². The van der Waals surface area contributed by atoms with E-state index < -0.39 is 4.92 Å². The Labute approximate surface area is 175 Å². The number of morpholine rings is 1. The lowest BCUT2D eigenvalue weighted by molar-refractivity contribution is -0.384. The van der Waals surface area contributed by atoms with E-state index in [1.165, 1.54) is 6.07 Å². The van der Waals surface area contributed by atoms with Crippen LogP contribution in [0.25, 0.3) is 0 Å². The van der Waals surface area contributed by atoms with Gasteiger partial charge in [0.25, 0.3) is 11.6 Å². The molecular formula is C22H26N4O4. The Hall–Kier alpha value is -3.13. The number of anilines is 2. The van der Waals surface area contributed by atoms with E-state index in [2.05, 4.69) is 16.3 Å². The van der Waals surface area contributed by atoms with E-state index in [0.29, 0.717) is 31.0 Å². The maximum atomic E-state index is 12.3. The first kappa shape index (κ1) is 20.2. The van der Waals surface area contributed by atoms with Gasteiger partial charge in [0.05, 0.1) is 18.1 Å². The summed E-state index contributed by atoms with van der Waals surface area (Å²) in [7, 11) is 1.84. The standard InChI is InChI=1S/C22H26N4O4/c1-24(15-17-4-2-3-5-19(17)25-10-12-30-13-11-25)20-9-6-16(14-21(20)26(28)29)22(27)23-18-7-8-18/h2-6,9,14,18H,7-8,10-13,15H2,1H3,(H,23,27). The van der Waals surface area contributed by atoms with Gasteiger partial charge < -0.3 is 19.9 Å². The fraction of sp³-hybridized carbons (Fsp3) is 0.409. The van der Waals surface area contributed by atoms with Crippen molar-refractivity contribution in [3.8, 4) is 0 Å². The molecule has 2 fully saturated rings. The van der Waals surface area contributed by atoms with Gasteiger partial charge in [0.15, 0.2) is 0 Å². The Morgan fingerprint density at radius 3 is 2.67 bits per heavy atom. The molecule has 8 heteroatoms. The first-order valence-electron chi connectivity index (χ1n) is 10.2. The van der Waals surface area contributed by atoms with Crippen molar-refractivity contribution in [3.05, 3.63) is 63.7 Å². The van der Waals surface area contributed by atoms with E-state index in [9.17, 15) is 14.9 Å². The van der Waals surface area contributed by atoms with E-state index >= 15 is 0 Å². The van der Waals surface area contributed by atoms with E-state index in [0.717, 1.165) is 37.2 Å². The summed E-state index contributed by atoms with van der Waals surface area (Å²) < 4.78 is 5.45. The number of nitro groups is 1. The van der Waals surface area contributed by atoms with Crippen molar-refractivity contribution in [3.63, 3.8) is 0 Å². The van der Waals surface area contributed by atoms with Crippen molar-refractivity contribution in [1.82, 2.24) is 5.32 Å². The Balaban J connectivity index is 1.56. The Morgan fingerprint density at radius 2 is 1.97 bits per heavy atom. The minimum atomic E-state index is -0.423. The number of amides is 1. The Bertz CT molecular complexity index is 938. The highest BCUT2D eigenvalue weighted by Gasteiger charge is 2.26. The predicted octanol–water partition coefficient (Wildman–Crippen LogP) is 2.96. The second-order valence-electron chi connectivity index (χ2n) is 7.79. The highest BCUT2D eigenvalue weighted by Crippen LogP contribution is 2.32. The molecule has 1 N–H and O–H groups in total. The van der Waals surface area contributed by atoms with Gasteiger partial charge >= 0.3 is 0 Å². The summed E-state index contributed by atoms with van der Waals surface area (Å²) in [5, 5.41) is 14.6. The lowest BCUT2D eigenvalue weighted by Crippen LogP contribution is -2.37. The number of hydrogen-bond donors (Lipinski definition) is 1. The molecule has 2 aromatic rings. The summed E-state index contributed by atoms with van der Waals surface area (Å²) in [5.41, 5.74) is 2.95. The van der Waals surface area contributed by atoms with Crippen LogP contribution in [0.1, 0.15) is 28.8 Å². The third kappa shape index (κ3) is 4.54. The van der Waals surface area contributed by atoms with E-state index in [1.807, 2.05) is 30.1 Å². The second kappa shape index (κ2) is 8.71. The molecule has 0 spiro atoms.